The molecule has 0 radical (unpaired) electrons. The van der Waals surface area contributed by atoms with Gasteiger partial charge in [-0.3, -0.25) is 0 Å². The van der Waals surface area contributed by atoms with E-state index in [-0.39, 0.29) is 11.5 Å². The summed E-state index contributed by atoms with van der Waals surface area (Å²) in [5, 5.41) is 9.22. The fraction of sp³-hybridized carbons (Fsp3) is 0.500. The van der Waals surface area contributed by atoms with Gasteiger partial charge in [0.2, 0.25) is 10.0 Å². The van der Waals surface area contributed by atoms with Crippen LogP contribution in [0.25, 0.3) is 0 Å². The zero-order valence-corrected chi connectivity index (χ0v) is 11.8. The van der Waals surface area contributed by atoms with Crippen LogP contribution >= 0.6 is 0 Å². The van der Waals surface area contributed by atoms with Gasteiger partial charge in [-0.05, 0) is 44.5 Å². The monoisotopic (exact) mass is 275 g/mol. The van der Waals surface area contributed by atoms with E-state index in [1.807, 2.05) is 0 Å². The van der Waals surface area contributed by atoms with Gasteiger partial charge in [0.1, 0.15) is 5.82 Å². The van der Waals surface area contributed by atoms with Crippen LogP contribution in [-0.2, 0) is 10.0 Å². The number of sulfonamides is 1. The Morgan fingerprint density at radius 2 is 1.94 bits per heavy atom. The van der Waals surface area contributed by atoms with Crippen LogP contribution in [-0.4, -0.2) is 37.0 Å². The molecule has 1 N–H and O–H groups in total. The number of aliphatic hydroxyl groups excluding tert-OH is 1. The van der Waals surface area contributed by atoms with Gasteiger partial charge in [0.05, 0.1) is 17.0 Å². The molecule has 0 aromatic heterocycles. The lowest BCUT2D eigenvalue weighted by Gasteiger charge is -2.33. The lowest BCUT2D eigenvalue weighted by molar-refractivity contribution is 0.138. The lowest BCUT2D eigenvalue weighted by Crippen LogP contribution is -2.47. The van der Waals surface area contributed by atoms with Gasteiger partial charge in [-0.1, -0.05) is 0 Å². The van der Waals surface area contributed by atoms with E-state index in [0.717, 1.165) is 10.4 Å². The molecule has 18 heavy (non-hydrogen) atoms. The van der Waals surface area contributed by atoms with Gasteiger partial charge in [-0.15, -0.1) is 0 Å². The molecule has 4 nitrogen and oxygen atoms in total. The van der Waals surface area contributed by atoms with Crippen LogP contribution < -0.4 is 0 Å². The summed E-state index contributed by atoms with van der Waals surface area (Å²) in [6, 6.07) is 3.52. The Morgan fingerprint density at radius 3 is 2.39 bits per heavy atom. The van der Waals surface area contributed by atoms with Crippen molar-refractivity contribution in [2.24, 2.45) is 0 Å². The number of hydrogen-bond acceptors (Lipinski definition) is 3. The molecular formula is C12H18FNO3S. The minimum atomic E-state index is -3.75. The molecule has 0 bridgehead atoms. The van der Waals surface area contributed by atoms with Crippen molar-refractivity contribution < 1.29 is 17.9 Å². The average molecular weight is 275 g/mol. The predicted molar refractivity (Wildman–Crippen MR) is 67.3 cm³/mol. The maximum Gasteiger partial charge on any atom is 0.243 e. The van der Waals surface area contributed by atoms with Crippen LogP contribution in [0.3, 0.4) is 0 Å². The standard InChI is InChI=1S/C12H18FNO3S/c1-9-7-10(13)5-6-11(9)18(16,17)14(4)12(2,3)8-15/h5-7,15H,8H2,1-4H3. The van der Waals surface area contributed by atoms with Gasteiger partial charge < -0.3 is 5.11 Å². The second-order valence-corrected chi connectivity index (χ2v) is 6.79. The largest absolute Gasteiger partial charge is 0.394 e. The first-order valence-corrected chi connectivity index (χ1v) is 6.93. The highest BCUT2D eigenvalue weighted by atomic mass is 32.2. The van der Waals surface area contributed by atoms with Crippen LogP contribution in [0, 0.1) is 12.7 Å². The Morgan fingerprint density at radius 1 is 1.39 bits per heavy atom. The first kappa shape index (κ1) is 15.1. The maximum absolute atomic E-state index is 13.0. The molecule has 0 atom stereocenters. The Hall–Kier alpha value is -0.980. The average Bonchev–Trinajstić information content (AvgIpc) is 2.27. The van der Waals surface area contributed by atoms with E-state index < -0.39 is 21.4 Å². The molecule has 0 unspecified atom stereocenters. The van der Waals surface area contributed by atoms with E-state index in [1.54, 1.807) is 13.8 Å². The molecule has 1 rings (SSSR count). The third-order valence-corrected chi connectivity index (χ3v) is 5.24. The molecule has 1 aromatic rings. The molecule has 0 aliphatic heterocycles. The van der Waals surface area contributed by atoms with Crippen molar-refractivity contribution in [3.63, 3.8) is 0 Å². The van der Waals surface area contributed by atoms with Gasteiger partial charge in [-0.2, -0.15) is 4.31 Å². The molecule has 102 valence electrons. The third kappa shape index (κ3) is 2.71. The zero-order valence-electron chi connectivity index (χ0n) is 10.9. The van der Waals surface area contributed by atoms with Crippen molar-refractivity contribution in [2.45, 2.75) is 31.2 Å². The summed E-state index contributed by atoms with van der Waals surface area (Å²) in [6.45, 7) is 4.46. The van der Waals surface area contributed by atoms with Crippen molar-refractivity contribution in [2.75, 3.05) is 13.7 Å². The number of nitrogens with zero attached hydrogens (tertiary/aromatic N) is 1. The van der Waals surface area contributed by atoms with Gasteiger partial charge in [-0.25, -0.2) is 12.8 Å². The van der Waals surface area contributed by atoms with Crippen LogP contribution in [0.2, 0.25) is 0 Å². The molecular weight excluding hydrogens is 257 g/mol. The Bertz CT molecular complexity index is 540. The van der Waals surface area contributed by atoms with Crippen molar-refractivity contribution in [3.8, 4) is 0 Å². The topological polar surface area (TPSA) is 57.6 Å². The minimum Gasteiger partial charge on any atom is -0.394 e. The quantitative estimate of drug-likeness (QED) is 0.906. The summed E-state index contributed by atoms with van der Waals surface area (Å²) in [5.41, 5.74) is -0.574. The smallest absolute Gasteiger partial charge is 0.243 e. The lowest BCUT2D eigenvalue weighted by atomic mass is 10.1. The first-order valence-electron chi connectivity index (χ1n) is 5.49. The van der Waals surface area contributed by atoms with E-state index in [4.69, 9.17) is 0 Å². The highest BCUT2D eigenvalue weighted by Crippen LogP contribution is 2.25. The predicted octanol–water partition coefficient (Wildman–Crippen LogP) is 1.53. The zero-order chi connectivity index (χ0) is 14.1. The summed E-state index contributed by atoms with van der Waals surface area (Å²) >= 11 is 0. The molecule has 0 heterocycles. The Labute approximate surface area is 107 Å². The van der Waals surface area contributed by atoms with Crippen molar-refractivity contribution in [3.05, 3.63) is 29.6 Å². The maximum atomic E-state index is 13.0. The summed E-state index contributed by atoms with van der Waals surface area (Å²) in [5.74, 6) is -0.476. The number of benzene rings is 1. The number of aliphatic hydroxyl groups is 1. The van der Waals surface area contributed by atoms with Crippen LogP contribution in [0.15, 0.2) is 23.1 Å². The van der Waals surface area contributed by atoms with Crippen LogP contribution in [0.1, 0.15) is 19.4 Å². The van der Waals surface area contributed by atoms with E-state index in [9.17, 15) is 17.9 Å². The summed E-state index contributed by atoms with van der Waals surface area (Å²) in [7, 11) is -2.35. The van der Waals surface area contributed by atoms with Crippen molar-refractivity contribution >= 4 is 10.0 Å². The van der Waals surface area contributed by atoms with Gasteiger partial charge in [0.25, 0.3) is 0 Å². The number of likely N-dealkylation sites (N-methyl/N-ethyl adjacent to an activating group) is 1. The summed E-state index contributed by atoms with van der Waals surface area (Å²) in [6.07, 6.45) is 0. The number of halogens is 1. The van der Waals surface area contributed by atoms with E-state index in [1.165, 1.54) is 26.1 Å². The third-order valence-electron chi connectivity index (χ3n) is 3.01. The van der Waals surface area contributed by atoms with Crippen molar-refractivity contribution in [1.29, 1.82) is 0 Å². The molecule has 0 aliphatic rings. The molecule has 0 aliphatic carbocycles. The number of aryl methyl sites for hydroxylation is 1. The molecule has 0 saturated heterocycles. The van der Waals surface area contributed by atoms with E-state index in [2.05, 4.69) is 0 Å². The van der Waals surface area contributed by atoms with Crippen LogP contribution in [0.5, 0.6) is 0 Å². The molecule has 6 heteroatoms. The fourth-order valence-corrected chi connectivity index (χ4v) is 3.18. The molecule has 0 spiro atoms. The number of hydrogen-bond donors (Lipinski definition) is 1. The first-order chi connectivity index (χ1) is 8.13. The van der Waals surface area contributed by atoms with E-state index in [0.29, 0.717) is 5.56 Å². The minimum absolute atomic E-state index is 0.0490. The molecule has 0 fully saturated rings. The van der Waals surface area contributed by atoms with Gasteiger partial charge in [0.15, 0.2) is 0 Å². The second kappa shape index (κ2) is 4.95. The summed E-state index contributed by atoms with van der Waals surface area (Å²) < 4.78 is 38.8. The van der Waals surface area contributed by atoms with Gasteiger partial charge >= 0.3 is 0 Å². The Kier molecular flexibility index (Phi) is 4.15. The molecule has 1 aromatic carbocycles. The fourth-order valence-electron chi connectivity index (χ4n) is 1.47. The van der Waals surface area contributed by atoms with Crippen molar-refractivity contribution in [1.82, 2.24) is 4.31 Å². The van der Waals surface area contributed by atoms with Gasteiger partial charge in [0, 0.05) is 7.05 Å². The normalized spacial score (nSPS) is 13.1. The summed E-state index contributed by atoms with van der Waals surface area (Å²) in [4.78, 5) is 0.0490. The molecule has 0 amide bonds. The van der Waals surface area contributed by atoms with E-state index >= 15 is 0 Å². The molecule has 0 saturated carbocycles. The highest BCUT2D eigenvalue weighted by Gasteiger charge is 2.34. The second-order valence-electron chi connectivity index (χ2n) is 4.85. The van der Waals surface area contributed by atoms with Crippen LogP contribution in [0.4, 0.5) is 4.39 Å². The highest BCUT2D eigenvalue weighted by molar-refractivity contribution is 7.89. The SMILES string of the molecule is Cc1cc(F)ccc1S(=O)(=O)N(C)C(C)(C)CO. The Balaban J connectivity index is 3.30. The number of rotatable bonds is 4.